The van der Waals surface area contributed by atoms with E-state index in [4.69, 9.17) is 0 Å². The summed E-state index contributed by atoms with van der Waals surface area (Å²) in [5, 5.41) is 22.8. The highest BCUT2D eigenvalue weighted by Gasteiger charge is 2.24. The fourth-order valence-electron chi connectivity index (χ4n) is 3.82. The van der Waals surface area contributed by atoms with Crippen molar-refractivity contribution < 1.29 is 9.72 Å². The lowest BCUT2D eigenvalue weighted by atomic mass is 10.1. The molecule has 1 aromatic heterocycles. The third kappa shape index (κ3) is 5.58. The molecule has 0 bridgehead atoms. The maximum atomic E-state index is 12.8. The van der Waals surface area contributed by atoms with E-state index in [1.54, 1.807) is 19.1 Å². The first-order valence-electron chi connectivity index (χ1n) is 11.0. The number of nitro groups is 1. The Balaban J connectivity index is 1.54. The number of nitrogens with one attached hydrogen (secondary N) is 1. The van der Waals surface area contributed by atoms with E-state index >= 15 is 0 Å². The molecular weight excluding hydrogens is 440 g/mol. The molecule has 2 heterocycles. The minimum absolute atomic E-state index is 0.140. The van der Waals surface area contributed by atoms with Gasteiger partial charge in [0.25, 0.3) is 5.69 Å². The molecule has 4 rings (SSSR count). The van der Waals surface area contributed by atoms with Gasteiger partial charge in [-0.1, -0.05) is 48.5 Å². The Morgan fingerprint density at radius 1 is 1.09 bits per heavy atom. The van der Waals surface area contributed by atoms with Crippen molar-refractivity contribution in [3.05, 3.63) is 70.5 Å². The molecule has 2 aromatic carbocycles. The molecule has 0 saturated carbocycles. The number of nitro benzene ring substituents is 1. The van der Waals surface area contributed by atoms with Crippen molar-refractivity contribution in [2.24, 2.45) is 0 Å². The number of amides is 1. The number of benzene rings is 2. The lowest BCUT2D eigenvalue weighted by Crippen LogP contribution is -2.30. The number of thioether (sulfide) groups is 1. The zero-order valence-corrected chi connectivity index (χ0v) is 19.2. The van der Waals surface area contributed by atoms with Crippen LogP contribution in [-0.4, -0.2) is 48.8 Å². The van der Waals surface area contributed by atoms with E-state index in [9.17, 15) is 14.9 Å². The minimum atomic E-state index is -0.542. The van der Waals surface area contributed by atoms with Gasteiger partial charge < -0.3 is 5.32 Å². The van der Waals surface area contributed by atoms with Crippen molar-refractivity contribution in [1.82, 2.24) is 19.7 Å². The highest BCUT2D eigenvalue weighted by atomic mass is 32.2. The molecule has 1 aliphatic rings. The molecule has 10 heteroatoms. The van der Waals surface area contributed by atoms with Gasteiger partial charge in [0.15, 0.2) is 11.0 Å². The van der Waals surface area contributed by atoms with Crippen LogP contribution in [0.5, 0.6) is 0 Å². The molecule has 9 nitrogen and oxygen atoms in total. The smallest absolute Gasteiger partial charge is 0.292 e. The van der Waals surface area contributed by atoms with Gasteiger partial charge in [0.05, 0.1) is 16.7 Å². The molecule has 1 atom stereocenters. The Bertz CT molecular complexity index is 1110. The average molecular weight is 467 g/mol. The van der Waals surface area contributed by atoms with Gasteiger partial charge in [-0.2, -0.15) is 0 Å². The van der Waals surface area contributed by atoms with E-state index in [2.05, 4.69) is 20.4 Å². The van der Waals surface area contributed by atoms with Gasteiger partial charge in [0.2, 0.25) is 5.91 Å². The van der Waals surface area contributed by atoms with E-state index in [-0.39, 0.29) is 17.3 Å². The second-order valence-electron chi connectivity index (χ2n) is 7.93. The Morgan fingerprint density at radius 3 is 2.52 bits per heavy atom. The van der Waals surface area contributed by atoms with Crippen LogP contribution in [-0.2, 0) is 11.3 Å². The van der Waals surface area contributed by atoms with Crippen molar-refractivity contribution in [2.75, 3.05) is 18.4 Å². The van der Waals surface area contributed by atoms with Crippen LogP contribution in [0.4, 0.5) is 11.4 Å². The summed E-state index contributed by atoms with van der Waals surface area (Å²) in [4.78, 5) is 26.0. The molecule has 0 aliphatic carbocycles. The predicted octanol–water partition coefficient (Wildman–Crippen LogP) is 4.28. The number of piperidine rings is 1. The molecule has 172 valence electrons. The van der Waals surface area contributed by atoms with E-state index in [0.29, 0.717) is 11.7 Å². The van der Waals surface area contributed by atoms with Crippen LogP contribution in [0.25, 0.3) is 5.69 Å². The molecule has 1 unspecified atom stereocenters. The van der Waals surface area contributed by atoms with Gasteiger partial charge in [-0.25, -0.2) is 0 Å². The quantitative estimate of drug-likeness (QED) is 0.300. The topological polar surface area (TPSA) is 106 Å². The van der Waals surface area contributed by atoms with Crippen molar-refractivity contribution in [3.63, 3.8) is 0 Å². The second-order valence-corrected chi connectivity index (χ2v) is 9.24. The lowest BCUT2D eigenvalue weighted by molar-refractivity contribution is -0.383. The summed E-state index contributed by atoms with van der Waals surface area (Å²) in [6.07, 6.45) is 3.63. The van der Waals surface area contributed by atoms with Gasteiger partial charge in [-0.05, 0) is 51.1 Å². The molecule has 3 aromatic rings. The van der Waals surface area contributed by atoms with Gasteiger partial charge in [-0.3, -0.25) is 24.4 Å². The zero-order chi connectivity index (χ0) is 23.2. The molecule has 1 amide bonds. The van der Waals surface area contributed by atoms with Crippen molar-refractivity contribution in [3.8, 4) is 5.69 Å². The van der Waals surface area contributed by atoms with E-state index in [1.807, 2.05) is 34.9 Å². The number of carbonyl (C=O) groups excluding carboxylic acids is 1. The summed E-state index contributed by atoms with van der Waals surface area (Å²) >= 11 is 1.28. The summed E-state index contributed by atoms with van der Waals surface area (Å²) in [5.41, 5.74) is 0.970. The Labute approximate surface area is 196 Å². The molecule has 1 fully saturated rings. The Morgan fingerprint density at radius 2 is 1.79 bits per heavy atom. The maximum Gasteiger partial charge on any atom is 0.292 e. The number of aromatic nitrogens is 3. The molecule has 0 radical (unpaired) electrons. The molecule has 1 N–H and O–H groups in total. The number of hydrogen-bond donors (Lipinski definition) is 1. The average Bonchev–Trinajstić information content (AvgIpc) is 3.22. The Hall–Kier alpha value is -3.24. The summed E-state index contributed by atoms with van der Waals surface area (Å²) in [7, 11) is 0. The third-order valence-electron chi connectivity index (χ3n) is 5.54. The number of rotatable bonds is 8. The summed E-state index contributed by atoms with van der Waals surface area (Å²) in [6, 6.07) is 16.0. The summed E-state index contributed by atoms with van der Waals surface area (Å²) in [6.45, 7) is 4.53. The van der Waals surface area contributed by atoms with Crippen LogP contribution in [0.1, 0.15) is 32.0 Å². The van der Waals surface area contributed by atoms with Crippen molar-refractivity contribution >= 4 is 29.0 Å². The SMILES string of the molecule is CC(Sc1nnc(CN2CCCCC2)n1-c1ccccc1)C(=O)Nc1ccccc1[N+](=O)[O-]. The fraction of sp³-hybridized carbons (Fsp3) is 0.348. The molecule has 1 aliphatic heterocycles. The molecule has 33 heavy (non-hydrogen) atoms. The van der Waals surface area contributed by atoms with Crippen LogP contribution in [0.3, 0.4) is 0 Å². The number of para-hydroxylation sites is 3. The van der Waals surface area contributed by atoms with Crippen LogP contribution < -0.4 is 5.32 Å². The Kier molecular flexibility index (Phi) is 7.36. The number of carbonyl (C=O) groups is 1. The molecule has 0 spiro atoms. The molecule has 1 saturated heterocycles. The summed E-state index contributed by atoms with van der Waals surface area (Å²) < 4.78 is 1.99. The van der Waals surface area contributed by atoms with E-state index in [1.165, 1.54) is 43.2 Å². The van der Waals surface area contributed by atoms with Crippen LogP contribution >= 0.6 is 11.8 Å². The molecular formula is C23H26N6O3S. The first-order valence-corrected chi connectivity index (χ1v) is 11.8. The fourth-order valence-corrected chi connectivity index (χ4v) is 4.70. The van der Waals surface area contributed by atoms with Crippen LogP contribution in [0, 0.1) is 10.1 Å². The number of hydrogen-bond acceptors (Lipinski definition) is 7. The zero-order valence-electron chi connectivity index (χ0n) is 18.4. The number of nitrogens with zero attached hydrogens (tertiary/aromatic N) is 5. The predicted molar refractivity (Wildman–Crippen MR) is 128 cm³/mol. The highest BCUT2D eigenvalue weighted by molar-refractivity contribution is 8.00. The van der Waals surface area contributed by atoms with E-state index in [0.717, 1.165) is 24.6 Å². The normalized spacial score (nSPS) is 15.2. The second kappa shape index (κ2) is 10.6. The van der Waals surface area contributed by atoms with Crippen molar-refractivity contribution in [2.45, 2.75) is 43.1 Å². The number of likely N-dealkylation sites (tertiary alicyclic amines) is 1. The standard InChI is InChI=1S/C23H26N6O3S/c1-17(22(30)24-19-12-6-7-13-20(19)29(31)32)33-23-26-25-21(16-27-14-8-3-9-15-27)28(23)18-10-4-2-5-11-18/h2,4-7,10-13,17H,3,8-9,14-16H2,1H3,(H,24,30). The highest BCUT2D eigenvalue weighted by Crippen LogP contribution is 2.29. The first kappa shape index (κ1) is 22.9. The monoisotopic (exact) mass is 466 g/mol. The van der Waals surface area contributed by atoms with Crippen LogP contribution in [0.2, 0.25) is 0 Å². The summed E-state index contributed by atoms with van der Waals surface area (Å²) in [5.74, 6) is 0.492. The maximum absolute atomic E-state index is 12.8. The third-order valence-corrected chi connectivity index (χ3v) is 6.58. The first-order chi connectivity index (χ1) is 16.0. The van der Waals surface area contributed by atoms with Gasteiger partial charge in [0, 0.05) is 11.8 Å². The minimum Gasteiger partial charge on any atom is -0.319 e. The van der Waals surface area contributed by atoms with Gasteiger partial charge in [0.1, 0.15) is 5.69 Å². The number of anilines is 1. The van der Waals surface area contributed by atoms with E-state index < -0.39 is 10.2 Å². The van der Waals surface area contributed by atoms with Gasteiger partial charge in [-0.15, -0.1) is 10.2 Å². The van der Waals surface area contributed by atoms with Crippen molar-refractivity contribution in [1.29, 1.82) is 0 Å². The lowest BCUT2D eigenvalue weighted by Gasteiger charge is -2.26. The van der Waals surface area contributed by atoms with Gasteiger partial charge >= 0.3 is 0 Å². The van der Waals surface area contributed by atoms with Crippen LogP contribution in [0.15, 0.2) is 59.8 Å². The largest absolute Gasteiger partial charge is 0.319 e.